The van der Waals surface area contributed by atoms with Crippen LogP contribution in [0.15, 0.2) is 29.2 Å². The molecule has 1 aliphatic carbocycles. The quantitative estimate of drug-likeness (QED) is 0.927. The van der Waals surface area contributed by atoms with Crippen LogP contribution in [0.1, 0.15) is 39.9 Å². The molecule has 0 saturated carbocycles. The van der Waals surface area contributed by atoms with E-state index in [4.69, 9.17) is 9.47 Å². The van der Waals surface area contributed by atoms with Crippen molar-refractivity contribution in [3.63, 3.8) is 0 Å². The second-order valence-electron chi connectivity index (χ2n) is 6.50. The van der Waals surface area contributed by atoms with Crippen molar-refractivity contribution in [2.24, 2.45) is 7.05 Å². The van der Waals surface area contributed by atoms with E-state index in [0.29, 0.717) is 23.6 Å². The molecule has 130 valence electrons. The summed E-state index contributed by atoms with van der Waals surface area (Å²) in [6.07, 6.45) is 5.70. The van der Waals surface area contributed by atoms with E-state index in [1.807, 2.05) is 24.4 Å². The minimum absolute atomic E-state index is 0.220. The maximum Gasteiger partial charge on any atom is 0.263 e. The van der Waals surface area contributed by atoms with Gasteiger partial charge in [-0.1, -0.05) is 6.07 Å². The van der Waals surface area contributed by atoms with Gasteiger partial charge < -0.3 is 19.4 Å². The average molecular weight is 340 g/mol. The molecule has 0 fully saturated rings. The second kappa shape index (κ2) is 6.27. The number of nitrogens with zero attached hydrogens (tertiary/aromatic N) is 1. The number of hydrogen-bond donors (Lipinski definition) is 1. The zero-order valence-corrected chi connectivity index (χ0v) is 14.1. The zero-order chi connectivity index (χ0) is 17.4. The highest BCUT2D eigenvalue weighted by atomic mass is 16.7. The van der Waals surface area contributed by atoms with Gasteiger partial charge in [0.15, 0.2) is 11.5 Å². The number of aromatic nitrogens is 1. The van der Waals surface area contributed by atoms with Crippen molar-refractivity contribution in [2.75, 3.05) is 6.79 Å². The summed E-state index contributed by atoms with van der Waals surface area (Å²) >= 11 is 0. The molecular formula is C19H20N2O4. The van der Waals surface area contributed by atoms with Crippen LogP contribution in [0.25, 0.3) is 0 Å². The van der Waals surface area contributed by atoms with Gasteiger partial charge in [0, 0.05) is 19.8 Å². The molecule has 1 amide bonds. The molecule has 1 aromatic carbocycles. The van der Waals surface area contributed by atoms with Gasteiger partial charge in [0.25, 0.3) is 11.5 Å². The van der Waals surface area contributed by atoms with Crippen LogP contribution in [0, 0.1) is 0 Å². The fraction of sp³-hybridized carbons (Fsp3) is 0.368. The molecule has 0 radical (unpaired) electrons. The van der Waals surface area contributed by atoms with E-state index in [2.05, 4.69) is 5.32 Å². The summed E-state index contributed by atoms with van der Waals surface area (Å²) in [7, 11) is 1.70. The first-order valence-electron chi connectivity index (χ1n) is 8.51. The Morgan fingerprint density at radius 1 is 1.20 bits per heavy atom. The Kier molecular flexibility index (Phi) is 3.95. The summed E-state index contributed by atoms with van der Waals surface area (Å²) in [5, 5.41) is 2.88. The third kappa shape index (κ3) is 2.88. The van der Waals surface area contributed by atoms with Crippen LogP contribution < -0.4 is 20.3 Å². The van der Waals surface area contributed by atoms with Crippen LogP contribution in [-0.2, 0) is 26.4 Å². The number of ether oxygens (including phenoxy) is 2. The van der Waals surface area contributed by atoms with Crippen LogP contribution in [0.4, 0.5) is 0 Å². The number of pyridine rings is 1. The molecule has 1 aliphatic heterocycles. The van der Waals surface area contributed by atoms with Gasteiger partial charge in [-0.05, 0) is 54.5 Å². The van der Waals surface area contributed by atoms with Gasteiger partial charge in [0.2, 0.25) is 6.79 Å². The maximum absolute atomic E-state index is 12.7. The van der Waals surface area contributed by atoms with Crippen molar-refractivity contribution in [3.05, 3.63) is 57.0 Å². The topological polar surface area (TPSA) is 69.6 Å². The summed E-state index contributed by atoms with van der Waals surface area (Å²) in [6, 6.07) is 5.56. The number of nitrogens with one attached hydrogen (secondary N) is 1. The lowest BCUT2D eigenvalue weighted by molar-refractivity contribution is 0.0947. The Morgan fingerprint density at radius 3 is 2.88 bits per heavy atom. The number of hydrogen-bond acceptors (Lipinski definition) is 4. The third-order valence-electron chi connectivity index (χ3n) is 4.81. The molecule has 1 N–H and O–H groups in total. The monoisotopic (exact) mass is 340 g/mol. The van der Waals surface area contributed by atoms with E-state index in [1.54, 1.807) is 7.05 Å². The summed E-state index contributed by atoms with van der Waals surface area (Å²) in [6.45, 7) is 0.555. The first kappa shape index (κ1) is 15.7. The second-order valence-corrected chi connectivity index (χ2v) is 6.50. The molecule has 4 rings (SSSR count). The molecule has 0 spiro atoms. The summed E-state index contributed by atoms with van der Waals surface area (Å²) in [5.74, 6) is 1.08. The number of amides is 1. The van der Waals surface area contributed by atoms with Crippen molar-refractivity contribution in [3.8, 4) is 11.5 Å². The van der Waals surface area contributed by atoms with Crippen LogP contribution >= 0.6 is 0 Å². The number of rotatable bonds is 3. The molecule has 0 saturated heterocycles. The van der Waals surface area contributed by atoms with E-state index >= 15 is 0 Å². The highest BCUT2D eigenvalue weighted by molar-refractivity contribution is 5.95. The Morgan fingerprint density at radius 2 is 2.00 bits per heavy atom. The van der Waals surface area contributed by atoms with Crippen LogP contribution in [-0.4, -0.2) is 17.3 Å². The molecule has 2 aliphatic rings. The van der Waals surface area contributed by atoms with Gasteiger partial charge >= 0.3 is 0 Å². The minimum Gasteiger partial charge on any atom is -0.454 e. The van der Waals surface area contributed by atoms with Crippen LogP contribution in [0.3, 0.4) is 0 Å². The molecule has 6 heteroatoms. The first-order chi connectivity index (χ1) is 12.1. The third-order valence-corrected chi connectivity index (χ3v) is 4.81. The smallest absolute Gasteiger partial charge is 0.263 e. The van der Waals surface area contributed by atoms with Crippen molar-refractivity contribution in [2.45, 2.75) is 32.2 Å². The molecule has 2 aromatic rings. The minimum atomic E-state index is -0.308. The molecule has 0 unspecified atom stereocenters. The number of fused-ring (bicyclic) bond motifs is 2. The van der Waals surface area contributed by atoms with Crippen LogP contribution in [0.2, 0.25) is 0 Å². The SMILES string of the molecule is Cn1cc2c(c(C(=O)NCc3ccc4c(c3)OCO4)c1=O)CCCC2. The Bertz CT molecular complexity index is 901. The molecule has 0 bridgehead atoms. The Hall–Kier alpha value is -2.76. The average Bonchev–Trinajstić information content (AvgIpc) is 3.08. The molecule has 6 nitrogen and oxygen atoms in total. The molecular weight excluding hydrogens is 320 g/mol. The Labute approximate surface area is 145 Å². The van der Waals surface area contributed by atoms with Crippen molar-refractivity contribution < 1.29 is 14.3 Å². The van der Waals surface area contributed by atoms with Crippen LogP contribution in [0.5, 0.6) is 11.5 Å². The predicted octanol–water partition coefficient (Wildman–Crippen LogP) is 1.92. The maximum atomic E-state index is 12.7. The van der Waals surface area contributed by atoms with Crippen molar-refractivity contribution in [1.29, 1.82) is 0 Å². The number of carbonyl (C=O) groups excluding carboxylic acids is 1. The fourth-order valence-corrected chi connectivity index (χ4v) is 3.51. The fourth-order valence-electron chi connectivity index (χ4n) is 3.51. The van der Waals surface area contributed by atoms with Gasteiger partial charge in [-0.25, -0.2) is 0 Å². The lowest BCUT2D eigenvalue weighted by Gasteiger charge is -2.20. The van der Waals surface area contributed by atoms with Gasteiger partial charge in [-0.3, -0.25) is 9.59 Å². The zero-order valence-electron chi connectivity index (χ0n) is 14.1. The first-order valence-corrected chi connectivity index (χ1v) is 8.51. The molecule has 25 heavy (non-hydrogen) atoms. The highest BCUT2D eigenvalue weighted by Gasteiger charge is 2.22. The lowest BCUT2D eigenvalue weighted by atomic mass is 9.89. The van der Waals surface area contributed by atoms with Crippen molar-refractivity contribution in [1.82, 2.24) is 9.88 Å². The molecule has 1 aromatic heterocycles. The number of benzene rings is 1. The standard InChI is InChI=1S/C19H20N2O4/c1-21-10-13-4-2-3-5-14(13)17(19(21)23)18(22)20-9-12-6-7-15-16(8-12)25-11-24-15/h6-8,10H,2-5,9,11H2,1H3,(H,20,22). The van der Waals surface area contributed by atoms with E-state index in [9.17, 15) is 9.59 Å². The molecule has 2 heterocycles. The van der Waals surface area contributed by atoms with Gasteiger partial charge in [-0.15, -0.1) is 0 Å². The van der Waals surface area contributed by atoms with E-state index in [0.717, 1.165) is 42.4 Å². The van der Waals surface area contributed by atoms with Gasteiger partial charge in [-0.2, -0.15) is 0 Å². The van der Waals surface area contributed by atoms with Gasteiger partial charge in [0.05, 0.1) is 0 Å². The van der Waals surface area contributed by atoms with Crippen molar-refractivity contribution >= 4 is 5.91 Å². The molecule has 0 atom stereocenters. The van der Waals surface area contributed by atoms with Gasteiger partial charge in [0.1, 0.15) is 5.56 Å². The van der Waals surface area contributed by atoms with E-state index in [-0.39, 0.29) is 18.3 Å². The largest absolute Gasteiger partial charge is 0.454 e. The Balaban J connectivity index is 1.57. The van der Waals surface area contributed by atoms with E-state index in [1.165, 1.54) is 4.57 Å². The number of carbonyl (C=O) groups is 1. The predicted molar refractivity (Wildman–Crippen MR) is 92.1 cm³/mol. The highest BCUT2D eigenvalue weighted by Crippen LogP contribution is 2.32. The summed E-state index contributed by atoms with van der Waals surface area (Å²) in [5.41, 5.74) is 2.99. The normalized spacial score (nSPS) is 14.9. The van der Waals surface area contributed by atoms with E-state index < -0.39 is 0 Å². The summed E-state index contributed by atoms with van der Waals surface area (Å²) < 4.78 is 12.2. The number of aryl methyl sites for hydroxylation is 2. The summed E-state index contributed by atoms with van der Waals surface area (Å²) in [4.78, 5) is 25.2. The lowest BCUT2D eigenvalue weighted by Crippen LogP contribution is -2.35.